The van der Waals surface area contributed by atoms with E-state index >= 15 is 0 Å². The molecule has 0 spiro atoms. The van der Waals surface area contributed by atoms with Crippen LogP contribution in [0.4, 0.5) is 5.13 Å². The van der Waals surface area contributed by atoms with Gasteiger partial charge in [0.2, 0.25) is 5.91 Å². The second-order valence-electron chi connectivity index (χ2n) is 6.00. The molecule has 130 valence electrons. The summed E-state index contributed by atoms with van der Waals surface area (Å²) in [7, 11) is 0. The first-order chi connectivity index (χ1) is 12.0. The molecule has 0 aliphatic carbocycles. The molecule has 3 aromatic rings. The Kier molecular flexibility index (Phi) is 5.39. The van der Waals surface area contributed by atoms with E-state index in [0.717, 1.165) is 32.9 Å². The van der Waals surface area contributed by atoms with Gasteiger partial charge in [-0.25, -0.2) is 9.97 Å². The number of hydrogen-bond acceptors (Lipinski definition) is 5. The topological polar surface area (TPSA) is 54.9 Å². The minimum Gasteiger partial charge on any atom is -0.301 e. The fourth-order valence-corrected chi connectivity index (χ4v) is 4.24. The van der Waals surface area contributed by atoms with E-state index in [1.54, 1.807) is 0 Å². The fourth-order valence-electron chi connectivity index (χ4n) is 2.52. The van der Waals surface area contributed by atoms with Crippen LogP contribution >= 0.6 is 23.1 Å². The van der Waals surface area contributed by atoms with Crippen LogP contribution in [0.1, 0.15) is 28.6 Å². The van der Waals surface area contributed by atoms with Crippen molar-refractivity contribution >= 4 is 45.0 Å². The van der Waals surface area contributed by atoms with E-state index in [4.69, 9.17) is 4.98 Å². The highest BCUT2D eigenvalue weighted by atomic mass is 32.2. The maximum Gasteiger partial charge on any atom is 0.236 e. The Morgan fingerprint density at radius 1 is 1.20 bits per heavy atom. The number of aryl methyl sites for hydroxylation is 4. The van der Waals surface area contributed by atoms with Gasteiger partial charge in [-0.1, -0.05) is 30.3 Å². The number of anilines is 1. The van der Waals surface area contributed by atoms with Crippen LogP contribution in [-0.4, -0.2) is 21.6 Å². The summed E-state index contributed by atoms with van der Waals surface area (Å²) in [6.45, 7) is 8.15. The number of carbonyl (C=O) groups excluding carboxylic acids is 1. The summed E-state index contributed by atoms with van der Waals surface area (Å²) >= 11 is 2.99. The number of rotatable bonds is 5. The Labute approximate surface area is 156 Å². The standard InChI is InChI=1S/C19H21N3OS2/c1-5-14-9-15-8-11(2)6-7-16(15)21-18(14)24-10-17(23)22-19-20-12(3)13(4)25-19/h6-9H,5,10H2,1-4H3,(H,20,22,23). The molecule has 0 saturated carbocycles. The third-order valence-corrected chi connectivity index (χ3v) is 6.03. The van der Waals surface area contributed by atoms with E-state index < -0.39 is 0 Å². The molecule has 0 aliphatic rings. The van der Waals surface area contributed by atoms with Gasteiger partial charge in [-0.05, 0) is 51.0 Å². The van der Waals surface area contributed by atoms with Crippen molar-refractivity contribution < 1.29 is 4.79 Å². The van der Waals surface area contributed by atoms with Crippen LogP contribution in [0.15, 0.2) is 29.3 Å². The second-order valence-corrected chi connectivity index (χ2v) is 8.17. The van der Waals surface area contributed by atoms with Crippen molar-refractivity contribution in [3.05, 3.63) is 46.0 Å². The minimum atomic E-state index is -0.0494. The van der Waals surface area contributed by atoms with Gasteiger partial charge in [0.05, 0.1) is 17.0 Å². The maximum atomic E-state index is 12.2. The van der Waals surface area contributed by atoms with Crippen LogP contribution in [0.2, 0.25) is 0 Å². The quantitative estimate of drug-likeness (QED) is 0.648. The zero-order valence-corrected chi connectivity index (χ0v) is 16.5. The zero-order chi connectivity index (χ0) is 18.0. The second kappa shape index (κ2) is 7.54. The number of thioether (sulfide) groups is 1. The minimum absolute atomic E-state index is 0.0494. The predicted octanol–water partition coefficient (Wildman–Crippen LogP) is 4.91. The molecule has 0 unspecified atom stereocenters. The lowest BCUT2D eigenvalue weighted by atomic mass is 10.1. The molecule has 3 rings (SSSR count). The largest absolute Gasteiger partial charge is 0.301 e. The number of amides is 1. The van der Waals surface area contributed by atoms with Crippen LogP contribution in [-0.2, 0) is 11.2 Å². The Morgan fingerprint density at radius 2 is 2.00 bits per heavy atom. The van der Waals surface area contributed by atoms with Gasteiger partial charge < -0.3 is 5.32 Å². The summed E-state index contributed by atoms with van der Waals surface area (Å²) in [4.78, 5) is 22.5. The SMILES string of the molecule is CCc1cc2cc(C)ccc2nc1SCC(=O)Nc1nc(C)c(C)s1. The molecule has 0 aliphatic heterocycles. The lowest BCUT2D eigenvalue weighted by molar-refractivity contribution is -0.113. The van der Waals surface area contributed by atoms with Crippen LogP contribution in [0.5, 0.6) is 0 Å². The highest BCUT2D eigenvalue weighted by molar-refractivity contribution is 8.00. The Balaban J connectivity index is 1.73. The first-order valence-corrected chi connectivity index (χ1v) is 10.0. The smallest absolute Gasteiger partial charge is 0.236 e. The lowest BCUT2D eigenvalue weighted by Crippen LogP contribution is -2.14. The van der Waals surface area contributed by atoms with Crippen molar-refractivity contribution in [2.75, 3.05) is 11.1 Å². The van der Waals surface area contributed by atoms with Crippen molar-refractivity contribution in [1.29, 1.82) is 0 Å². The molecular weight excluding hydrogens is 350 g/mol. The van der Waals surface area contributed by atoms with Gasteiger partial charge in [-0.3, -0.25) is 4.79 Å². The van der Waals surface area contributed by atoms with E-state index in [9.17, 15) is 4.79 Å². The molecule has 2 heterocycles. The number of aromatic nitrogens is 2. The number of pyridine rings is 1. The van der Waals surface area contributed by atoms with Crippen LogP contribution in [0.25, 0.3) is 10.9 Å². The molecule has 1 amide bonds. The summed E-state index contributed by atoms with van der Waals surface area (Å²) in [5.41, 5.74) is 4.34. The summed E-state index contributed by atoms with van der Waals surface area (Å²) in [5.74, 6) is 0.279. The predicted molar refractivity (Wildman–Crippen MR) is 107 cm³/mol. The van der Waals surface area contributed by atoms with E-state index in [2.05, 4.69) is 42.3 Å². The average Bonchev–Trinajstić information content (AvgIpc) is 2.89. The average molecular weight is 372 g/mol. The van der Waals surface area contributed by atoms with Gasteiger partial charge in [-0.2, -0.15) is 0 Å². The van der Waals surface area contributed by atoms with Crippen LogP contribution in [0.3, 0.4) is 0 Å². The monoisotopic (exact) mass is 371 g/mol. The van der Waals surface area contributed by atoms with Crippen molar-refractivity contribution in [3.8, 4) is 0 Å². The number of fused-ring (bicyclic) bond motifs is 1. The van der Waals surface area contributed by atoms with Gasteiger partial charge in [0.1, 0.15) is 5.03 Å². The molecule has 0 bridgehead atoms. The number of nitrogens with zero attached hydrogens (tertiary/aromatic N) is 2. The van der Waals surface area contributed by atoms with Gasteiger partial charge in [0.15, 0.2) is 5.13 Å². The molecule has 0 saturated heterocycles. The molecule has 4 nitrogen and oxygen atoms in total. The van der Waals surface area contributed by atoms with Crippen LogP contribution in [0, 0.1) is 20.8 Å². The van der Waals surface area contributed by atoms with Crippen molar-refractivity contribution in [3.63, 3.8) is 0 Å². The number of hydrogen-bond donors (Lipinski definition) is 1. The van der Waals surface area contributed by atoms with Gasteiger partial charge in [-0.15, -0.1) is 11.3 Å². The highest BCUT2D eigenvalue weighted by Crippen LogP contribution is 2.27. The molecule has 1 N–H and O–H groups in total. The van der Waals surface area contributed by atoms with Crippen molar-refractivity contribution in [2.45, 2.75) is 39.1 Å². The maximum absolute atomic E-state index is 12.2. The van der Waals surface area contributed by atoms with E-state index in [-0.39, 0.29) is 5.91 Å². The number of nitrogens with one attached hydrogen (secondary N) is 1. The Bertz CT molecular complexity index is 914. The highest BCUT2D eigenvalue weighted by Gasteiger charge is 2.12. The molecule has 0 atom stereocenters. The molecular formula is C19H21N3OS2. The van der Waals surface area contributed by atoms with Gasteiger partial charge in [0.25, 0.3) is 0 Å². The number of thiazole rings is 1. The van der Waals surface area contributed by atoms with E-state index in [0.29, 0.717) is 10.9 Å². The van der Waals surface area contributed by atoms with Crippen molar-refractivity contribution in [1.82, 2.24) is 9.97 Å². The van der Waals surface area contributed by atoms with E-state index in [1.165, 1.54) is 34.2 Å². The Morgan fingerprint density at radius 3 is 2.68 bits per heavy atom. The van der Waals surface area contributed by atoms with E-state index in [1.807, 2.05) is 19.9 Å². The molecule has 25 heavy (non-hydrogen) atoms. The summed E-state index contributed by atoms with van der Waals surface area (Å²) < 4.78 is 0. The molecule has 0 radical (unpaired) electrons. The van der Waals surface area contributed by atoms with Crippen LogP contribution < -0.4 is 5.32 Å². The third kappa shape index (κ3) is 4.19. The zero-order valence-electron chi connectivity index (χ0n) is 14.8. The molecule has 6 heteroatoms. The number of carbonyl (C=O) groups is 1. The Hall–Kier alpha value is -1.92. The molecule has 0 fully saturated rings. The fraction of sp³-hybridized carbons (Fsp3) is 0.316. The van der Waals surface area contributed by atoms with Gasteiger partial charge in [0, 0.05) is 10.3 Å². The summed E-state index contributed by atoms with van der Waals surface area (Å²) in [6, 6.07) is 8.43. The first-order valence-electron chi connectivity index (χ1n) is 8.23. The third-order valence-electron chi connectivity index (χ3n) is 4.01. The summed E-state index contributed by atoms with van der Waals surface area (Å²) in [6.07, 6.45) is 0.895. The first kappa shape index (κ1) is 17.9. The normalized spacial score (nSPS) is 11.0. The molecule has 1 aromatic carbocycles. The van der Waals surface area contributed by atoms with Gasteiger partial charge >= 0.3 is 0 Å². The number of benzene rings is 1. The molecule has 2 aromatic heterocycles. The summed E-state index contributed by atoms with van der Waals surface area (Å²) in [5, 5.41) is 5.62. The lowest BCUT2D eigenvalue weighted by Gasteiger charge is -2.09. The van der Waals surface area contributed by atoms with Crippen molar-refractivity contribution in [2.24, 2.45) is 0 Å².